The van der Waals surface area contributed by atoms with E-state index in [4.69, 9.17) is 0 Å². The highest BCUT2D eigenvalue weighted by Gasteiger charge is 2.45. The van der Waals surface area contributed by atoms with Gasteiger partial charge in [-0.15, -0.1) is 12.4 Å². The number of benzene rings is 3. The zero-order valence-corrected chi connectivity index (χ0v) is 16.5. The van der Waals surface area contributed by atoms with Crippen molar-refractivity contribution in [2.75, 3.05) is 0 Å². The lowest BCUT2D eigenvalue weighted by Crippen LogP contribution is -2.60. The lowest BCUT2D eigenvalue weighted by atomic mass is 9.36. The van der Waals surface area contributed by atoms with Crippen molar-refractivity contribution >= 4 is 35.5 Å². The third kappa shape index (κ3) is 3.96. The minimum absolute atomic E-state index is 0. The highest BCUT2D eigenvalue weighted by Crippen LogP contribution is 2.23. The van der Waals surface area contributed by atoms with Gasteiger partial charge in [-0.1, -0.05) is 0 Å². The lowest BCUT2D eigenvalue weighted by molar-refractivity contribution is 0.380. The Bertz CT molecular complexity index is 1120. The maximum atomic E-state index is 14.4. The average molecular weight is 548 g/mol. The van der Waals surface area contributed by atoms with E-state index in [1.807, 2.05) is 0 Å². The first-order valence-corrected chi connectivity index (χ1v) is 8.20. The van der Waals surface area contributed by atoms with E-state index in [0.29, 0.717) is 0 Å². The molecule has 0 fully saturated rings. The lowest BCUT2D eigenvalue weighted by Gasteiger charge is -2.21. The first kappa shape index (κ1) is 28.2. The van der Waals surface area contributed by atoms with Gasteiger partial charge in [-0.3, -0.25) is 0 Å². The highest BCUT2D eigenvalue weighted by molar-refractivity contribution is 6.95. The van der Waals surface area contributed by atoms with E-state index in [1.54, 1.807) is 0 Å². The van der Waals surface area contributed by atoms with Gasteiger partial charge in [0.05, 0.1) is 0 Å². The molecule has 0 aliphatic rings. The third-order valence-corrected chi connectivity index (χ3v) is 4.60. The molecular weight excluding hydrogens is 547 g/mol. The first-order valence-electron chi connectivity index (χ1n) is 8.20. The molecule has 0 N–H and O–H groups in total. The minimum atomic E-state index is -3.96. The summed E-state index contributed by atoms with van der Waals surface area (Å²) in [5, 5.41) is 0. The summed E-state index contributed by atoms with van der Waals surface area (Å²) in [5.74, 6) is -45.2. The van der Waals surface area contributed by atoms with E-state index >= 15 is 0 Å². The average Bonchev–Trinajstić information content (AvgIpc) is 2.81. The van der Waals surface area contributed by atoms with Gasteiger partial charge in [0.2, 0.25) is 0 Å². The van der Waals surface area contributed by atoms with E-state index in [0.717, 1.165) is 0 Å². The van der Waals surface area contributed by atoms with Gasteiger partial charge in [-0.25, -0.2) is 65.9 Å². The second kappa shape index (κ2) is 9.55. The van der Waals surface area contributed by atoms with Gasteiger partial charge in [0, 0.05) is 16.4 Å². The SMILES string of the molecule is Cl.Fc1c(F)c(F)c(B(c2c(F)c(F)c(F)c(F)c2F)c2c(F)c(F)c(F)c(F)c2F)c(F)c1F. The van der Waals surface area contributed by atoms with Crippen molar-refractivity contribution in [2.45, 2.75) is 0 Å². The zero-order chi connectivity index (χ0) is 26.0. The molecule has 3 aromatic carbocycles. The van der Waals surface area contributed by atoms with Crippen LogP contribution in [0.15, 0.2) is 0 Å². The summed E-state index contributed by atoms with van der Waals surface area (Å²) in [5.41, 5.74) is -8.03. The fraction of sp³-hybridized carbons (Fsp3) is 0. The molecule has 0 bridgehead atoms. The summed E-state index contributed by atoms with van der Waals surface area (Å²) < 4.78 is 209. The predicted molar refractivity (Wildman–Crippen MR) is 90.6 cm³/mol. The number of rotatable bonds is 3. The van der Waals surface area contributed by atoms with Gasteiger partial charge in [-0.2, -0.15) is 0 Å². The van der Waals surface area contributed by atoms with Crippen molar-refractivity contribution in [3.05, 3.63) is 87.3 Å². The van der Waals surface area contributed by atoms with Crippen LogP contribution in [0.25, 0.3) is 0 Å². The maximum Gasteiger partial charge on any atom is 0.265 e. The molecule has 0 unspecified atom stereocenters. The summed E-state index contributed by atoms with van der Waals surface area (Å²) in [6, 6.07) is 0. The second-order valence-electron chi connectivity index (χ2n) is 6.38. The number of halogens is 16. The molecule has 188 valence electrons. The summed E-state index contributed by atoms with van der Waals surface area (Å²) in [6.45, 7) is -3.96. The van der Waals surface area contributed by atoms with Gasteiger partial charge in [0.25, 0.3) is 6.71 Å². The van der Waals surface area contributed by atoms with Crippen LogP contribution in [0.5, 0.6) is 0 Å². The molecule has 3 aromatic rings. The molecule has 0 aromatic heterocycles. The Morgan fingerprint density at radius 1 is 0.229 bits per heavy atom. The molecule has 0 heterocycles. The van der Waals surface area contributed by atoms with Crippen molar-refractivity contribution in [1.29, 1.82) is 0 Å². The summed E-state index contributed by atoms with van der Waals surface area (Å²) in [7, 11) is 0. The van der Waals surface area contributed by atoms with E-state index in [-0.39, 0.29) is 12.4 Å². The van der Waals surface area contributed by atoms with E-state index in [1.165, 1.54) is 0 Å². The van der Waals surface area contributed by atoms with Crippen molar-refractivity contribution in [1.82, 2.24) is 0 Å². The zero-order valence-electron chi connectivity index (χ0n) is 15.7. The minimum Gasteiger partial charge on any atom is -0.204 e. The van der Waals surface area contributed by atoms with Crippen molar-refractivity contribution in [3.8, 4) is 0 Å². The first-order chi connectivity index (χ1) is 15.7. The fourth-order valence-corrected chi connectivity index (χ4v) is 3.06. The molecule has 3 rings (SSSR count). The van der Waals surface area contributed by atoms with Gasteiger partial charge >= 0.3 is 0 Å². The van der Waals surface area contributed by atoms with Gasteiger partial charge in [0.15, 0.2) is 87.3 Å². The number of hydrogen-bond donors (Lipinski definition) is 0. The Labute approximate surface area is 189 Å². The monoisotopic (exact) mass is 548 g/mol. The molecule has 0 nitrogen and oxygen atoms in total. The largest absolute Gasteiger partial charge is 0.265 e. The van der Waals surface area contributed by atoms with Crippen LogP contribution >= 0.6 is 12.4 Å². The maximum absolute atomic E-state index is 14.4. The quantitative estimate of drug-likeness (QED) is 0.193. The molecule has 0 spiro atoms. The summed E-state index contributed by atoms with van der Waals surface area (Å²) in [4.78, 5) is 0. The Hall–Kier alpha value is -3.04. The summed E-state index contributed by atoms with van der Waals surface area (Å²) in [6.07, 6.45) is 0. The molecule has 0 saturated carbocycles. The van der Waals surface area contributed by atoms with Gasteiger partial charge in [0.1, 0.15) is 0 Å². The molecule has 0 atom stereocenters. The number of hydrogen-bond acceptors (Lipinski definition) is 0. The van der Waals surface area contributed by atoms with Gasteiger partial charge < -0.3 is 0 Å². The Kier molecular flexibility index (Phi) is 7.69. The van der Waals surface area contributed by atoms with Crippen LogP contribution in [0.1, 0.15) is 0 Å². The van der Waals surface area contributed by atoms with Gasteiger partial charge in [-0.05, 0) is 0 Å². The predicted octanol–water partition coefficient (Wildman–Crippen LogP) is 4.71. The van der Waals surface area contributed by atoms with Crippen LogP contribution in [0.4, 0.5) is 65.9 Å². The van der Waals surface area contributed by atoms with Crippen molar-refractivity contribution in [2.24, 2.45) is 0 Å². The molecule has 0 aliphatic carbocycles. The van der Waals surface area contributed by atoms with Crippen molar-refractivity contribution in [3.63, 3.8) is 0 Å². The normalized spacial score (nSPS) is 11.1. The molecular formula is C18HBClF15. The van der Waals surface area contributed by atoms with Crippen LogP contribution in [0.2, 0.25) is 0 Å². The molecule has 0 aliphatic heterocycles. The molecule has 0 radical (unpaired) electrons. The van der Waals surface area contributed by atoms with Crippen LogP contribution in [-0.2, 0) is 0 Å². The van der Waals surface area contributed by atoms with Crippen LogP contribution < -0.4 is 16.4 Å². The highest BCUT2D eigenvalue weighted by atomic mass is 35.5. The van der Waals surface area contributed by atoms with E-state index < -0.39 is 110 Å². The molecule has 0 amide bonds. The molecule has 17 heteroatoms. The smallest absolute Gasteiger partial charge is 0.204 e. The Morgan fingerprint density at radius 3 is 0.486 bits per heavy atom. The molecule has 35 heavy (non-hydrogen) atoms. The van der Waals surface area contributed by atoms with Crippen LogP contribution in [-0.4, -0.2) is 6.71 Å². The Balaban J connectivity index is 0.00000432. The standard InChI is InChI=1S/C18BF15.ClH/c20-4-1(5(21)11(27)16(32)10(4)26)19(2-6(22)12(28)17(33)13(29)7(2)23)3-8(24)14(30)18(34)15(31)9(3)25;/h;1H. The third-order valence-electron chi connectivity index (χ3n) is 4.60. The van der Waals surface area contributed by atoms with E-state index in [2.05, 4.69) is 0 Å². The van der Waals surface area contributed by atoms with Crippen LogP contribution in [0, 0.1) is 87.3 Å². The van der Waals surface area contributed by atoms with Crippen LogP contribution in [0.3, 0.4) is 0 Å². The molecule has 0 saturated heterocycles. The topological polar surface area (TPSA) is 0 Å². The Morgan fingerprint density at radius 2 is 0.343 bits per heavy atom. The summed E-state index contributed by atoms with van der Waals surface area (Å²) >= 11 is 0. The van der Waals surface area contributed by atoms with E-state index in [9.17, 15) is 65.9 Å². The van der Waals surface area contributed by atoms with Crippen molar-refractivity contribution < 1.29 is 65.9 Å². The second-order valence-corrected chi connectivity index (χ2v) is 6.38. The fourth-order valence-electron chi connectivity index (χ4n) is 3.06.